The van der Waals surface area contributed by atoms with Crippen LogP contribution in [0.1, 0.15) is 30.4 Å². The Bertz CT molecular complexity index is 460. The predicted molar refractivity (Wildman–Crippen MR) is 74.7 cm³/mol. The number of hydrogen-bond donors (Lipinski definition) is 1. The van der Waals surface area contributed by atoms with Gasteiger partial charge in [-0.15, -0.1) is 6.58 Å². The van der Waals surface area contributed by atoms with E-state index in [0.29, 0.717) is 6.42 Å². The number of benzene rings is 1. The third kappa shape index (κ3) is 2.65. The lowest BCUT2D eigenvalue weighted by molar-refractivity contribution is 0.170. The lowest BCUT2D eigenvalue weighted by atomic mass is 9.99. The molecular weight excluding hydrogens is 224 g/mol. The molecule has 0 spiro atoms. The number of fused-ring (bicyclic) bond motifs is 1. The molecule has 0 aliphatic heterocycles. The van der Waals surface area contributed by atoms with Gasteiger partial charge in [-0.05, 0) is 42.9 Å². The highest BCUT2D eigenvalue weighted by molar-refractivity contribution is 5.75. The molecule has 2 rings (SSSR count). The topological polar surface area (TPSA) is 29.5 Å². The molecule has 1 atom stereocenters. The van der Waals surface area contributed by atoms with Crippen molar-refractivity contribution in [3.8, 4) is 5.75 Å². The number of rotatable bonds is 6. The molecule has 0 bridgehead atoms. The van der Waals surface area contributed by atoms with Crippen molar-refractivity contribution in [1.82, 2.24) is 0 Å². The van der Waals surface area contributed by atoms with Crippen LogP contribution in [0, 0.1) is 0 Å². The lowest BCUT2D eigenvalue weighted by Gasteiger charge is -2.11. The van der Waals surface area contributed by atoms with Crippen LogP contribution in [0.4, 0.5) is 0 Å². The van der Waals surface area contributed by atoms with Gasteiger partial charge in [-0.25, -0.2) is 0 Å². The number of aliphatic hydroxyl groups is 1. The number of ether oxygens (including phenoxy) is 1. The third-order valence-electron chi connectivity index (χ3n) is 3.44. The molecule has 2 heteroatoms. The van der Waals surface area contributed by atoms with Crippen LogP contribution in [0.25, 0.3) is 5.57 Å². The summed E-state index contributed by atoms with van der Waals surface area (Å²) >= 11 is 0. The van der Waals surface area contributed by atoms with Gasteiger partial charge in [0.05, 0.1) is 13.2 Å². The van der Waals surface area contributed by atoms with Crippen molar-refractivity contribution in [2.45, 2.75) is 31.8 Å². The van der Waals surface area contributed by atoms with E-state index in [2.05, 4.69) is 18.7 Å². The minimum atomic E-state index is -0.280. The maximum absolute atomic E-state index is 9.74. The second-order valence-electron chi connectivity index (χ2n) is 4.64. The summed E-state index contributed by atoms with van der Waals surface area (Å²) in [6, 6.07) is 6.16. The Morgan fingerprint density at radius 2 is 2.33 bits per heavy atom. The van der Waals surface area contributed by atoms with E-state index in [1.165, 1.54) is 16.7 Å². The molecular formula is C16H20O2. The molecule has 96 valence electrons. The van der Waals surface area contributed by atoms with E-state index >= 15 is 0 Å². The van der Waals surface area contributed by atoms with Crippen molar-refractivity contribution >= 4 is 5.57 Å². The van der Waals surface area contributed by atoms with E-state index in [1.807, 2.05) is 12.1 Å². The summed E-state index contributed by atoms with van der Waals surface area (Å²) in [5.41, 5.74) is 3.88. The normalized spacial score (nSPS) is 14.9. The van der Waals surface area contributed by atoms with Crippen molar-refractivity contribution in [3.63, 3.8) is 0 Å². The molecule has 1 unspecified atom stereocenters. The van der Waals surface area contributed by atoms with Crippen molar-refractivity contribution in [2.24, 2.45) is 0 Å². The van der Waals surface area contributed by atoms with Crippen LogP contribution < -0.4 is 4.74 Å². The number of allylic oxidation sites excluding steroid dienone is 2. The fourth-order valence-corrected chi connectivity index (χ4v) is 2.47. The largest absolute Gasteiger partial charge is 0.496 e. The van der Waals surface area contributed by atoms with E-state index in [0.717, 1.165) is 25.0 Å². The molecule has 0 heterocycles. The van der Waals surface area contributed by atoms with Crippen molar-refractivity contribution in [3.05, 3.63) is 48.1 Å². The van der Waals surface area contributed by atoms with Gasteiger partial charge in [-0.2, -0.15) is 0 Å². The minimum Gasteiger partial charge on any atom is -0.496 e. The van der Waals surface area contributed by atoms with Crippen LogP contribution in [0.3, 0.4) is 0 Å². The third-order valence-corrected chi connectivity index (χ3v) is 3.44. The first kappa shape index (κ1) is 12.9. The Morgan fingerprint density at radius 3 is 3.06 bits per heavy atom. The van der Waals surface area contributed by atoms with Crippen LogP contribution >= 0.6 is 0 Å². The van der Waals surface area contributed by atoms with Gasteiger partial charge in [0.1, 0.15) is 5.75 Å². The quantitative estimate of drug-likeness (QED) is 0.778. The molecule has 2 nitrogen and oxygen atoms in total. The van der Waals surface area contributed by atoms with E-state index in [4.69, 9.17) is 4.74 Å². The predicted octanol–water partition coefficient (Wildman–Crippen LogP) is 3.35. The molecule has 0 amide bonds. The summed E-state index contributed by atoms with van der Waals surface area (Å²) in [5.74, 6) is 0.963. The van der Waals surface area contributed by atoms with E-state index < -0.39 is 0 Å². The SMILES string of the molecule is C=CCC(O)CCC1=CCc2c(OC)cccc21. The van der Waals surface area contributed by atoms with Crippen molar-refractivity contribution in [2.75, 3.05) is 7.11 Å². The molecule has 1 N–H and O–H groups in total. The zero-order valence-electron chi connectivity index (χ0n) is 10.9. The fourth-order valence-electron chi connectivity index (χ4n) is 2.47. The van der Waals surface area contributed by atoms with Gasteiger partial charge in [0.15, 0.2) is 0 Å². The monoisotopic (exact) mass is 244 g/mol. The van der Waals surface area contributed by atoms with Crippen molar-refractivity contribution < 1.29 is 9.84 Å². The first-order valence-electron chi connectivity index (χ1n) is 6.40. The maximum atomic E-state index is 9.74. The molecule has 1 aliphatic rings. The molecule has 0 saturated heterocycles. The number of aliphatic hydroxyl groups excluding tert-OH is 1. The first-order chi connectivity index (χ1) is 8.76. The summed E-state index contributed by atoms with van der Waals surface area (Å²) in [6.45, 7) is 3.65. The van der Waals surface area contributed by atoms with Crippen LogP contribution in [-0.4, -0.2) is 18.3 Å². The van der Waals surface area contributed by atoms with Gasteiger partial charge in [-0.1, -0.05) is 24.3 Å². The smallest absolute Gasteiger partial charge is 0.122 e. The zero-order chi connectivity index (χ0) is 13.0. The highest BCUT2D eigenvalue weighted by Crippen LogP contribution is 2.36. The molecule has 1 aliphatic carbocycles. The Labute approximate surface area is 109 Å². The van der Waals surface area contributed by atoms with Gasteiger partial charge in [-0.3, -0.25) is 0 Å². The minimum absolute atomic E-state index is 0.280. The van der Waals surface area contributed by atoms with E-state index in [-0.39, 0.29) is 6.10 Å². The van der Waals surface area contributed by atoms with Gasteiger partial charge in [0, 0.05) is 5.56 Å². The van der Waals surface area contributed by atoms with Gasteiger partial charge in [0.25, 0.3) is 0 Å². The molecule has 0 aromatic heterocycles. The average Bonchev–Trinajstić information content (AvgIpc) is 2.79. The molecule has 18 heavy (non-hydrogen) atoms. The Kier molecular flexibility index (Phi) is 4.21. The molecule has 0 fully saturated rings. The van der Waals surface area contributed by atoms with Crippen LogP contribution in [0.2, 0.25) is 0 Å². The van der Waals surface area contributed by atoms with Gasteiger partial charge in [0.2, 0.25) is 0 Å². The molecule has 1 aromatic rings. The highest BCUT2D eigenvalue weighted by Gasteiger charge is 2.17. The fraction of sp³-hybridized carbons (Fsp3) is 0.375. The Hall–Kier alpha value is -1.54. The second-order valence-corrected chi connectivity index (χ2v) is 4.64. The summed E-state index contributed by atoms with van der Waals surface area (Å²) in [5, 5.41) is 9.74. The highest BCUT2D eigenvalue weighted by atomic mass is 16.5. The average molecular weight is 244 g/mol. The van der Waals surface area contributed by atoms with Crippen LogP contribution in [-0.2, 0) is 6.42 Å². The maximum Gasteiger partial charge on any atom is 0.122 e. The number of hydrogen-bond acceptors (Lipinski definition) is 2. The van der Waals surface area contributed by atoms with Crippen LogP contribution in [0.15, 0.2) is 36.9 Å². The number of methoxy groups -OCH3 is 1. The summed E-state index contributed by atoms with van der Waals surface area (Å²) < 4.78 is 5.37. The molecule has 0 radical (unpaired) electrons. The van der Waals surface area contributed by atoms with Gasteiger partial charge < -0.3 is 9.84 Å². The Balaban J connectivity index is 2.05. The summed E-state index contributed by atoms with van der Waals surface area (Å²) in [6.07, 6.45) is 7.03. The van der Waals surface area contributed by atoms with E-state index in [9.17, 15) is 5.11 Å². The molecule has 0 saturated carbocycles. The van der Waals surface area contributed by atoms with Crippen LogP contribution in [0.5, 0.6) is 5.75 Å². The molecule has 1 aromatic carbocycles. The van der Waals surface area contributed by atoms with Crippen molar-refractivity contribution in [1.29, 1.82) is 0 Å². The Morgan fingerprint density at radius 1 is 1.50 bits per heavy atom. The van der Waals surface area contributed by atoms with E-state index in [1.54, 1.807) is 13.2 Å². The second kappa shape index (κ2) is 5.87. The standard InChI is InChI=1S/C16H20O2/c1-3-5-13(17)10-8-12-9-11-15-14(12)6-4-7-16(15)18-2/h3-4,6-7,9,13,17H,1,5,8,10-11H2,2H3. The summed E-state index contributed by atoms with van der Waals surface area (Å²) in [7, 11) is 1.71. The zero-order valence-corrected chi connectivity index (χ0v) is 10.9. The lowest BCUT2D eigenvalue weighted by Crippen LogP contribution is -2.04. The first-order valence-corrected chi connectivity index (χ1v) is 6.40. The summed E-state index contributed by atoms with van der Waals surface area (Å²) in [4.78, 5) is 0. The van der Waals surface area contributed by atoms with Gasteiger partial charge >= 0.3 is 0 Å².